The highest BCUT2D eigenvalue weighted by atomic mass is 16.5. The van der Waals surface area contributed by atoms with Gasteiger partial charge in [0.25, 0.3) is 0 Å². The summed E-state index contributed by atoms with van der Waals surface area (Å²) in [6.07, 6.45) is 6.45. The Balaban J connectivity index is 0.000000327. The number of esters is 1. The van der Waals surface area contributed by atoms with Crippen LogP contribution in [0.3, 0.4) is 0 Å². The summed E-state index contributed by atoms with van der Waals surface area (Å²) in [4.78, 5) is 16.2. The van der Waals surface area contributed by atoms with E-state index in [2.05, 4.69) is 18.1 Å². The Hall–Kier alpha value is -1.94. The summed E-state index contributed by atoms with van der Waals surface area (Å²) in [5.41, 5.74) is 1.11. The third kappa shape index (κ3) is 9.30. The summed E-state index contributed by atoms with van der Waals surface area (Å²) < 4.78 is 4.70. The van der Waals surface area contributed by atoms with Crippen LogP contribution in [-0.2, 0) is 9.53 Å². The van der Waals surface area contributed by atoms with E-state index in [9.17, 15) is 4.79 Å². The van der Waals surface area contributed by atoms with Crippen LogP contribution >= 0.6 is 0 Å². The van der Waals surface area contributed by atoms with E-state index in [-0.39, 0.29) is 5.97 Å². The molecule has 1 heterocycles. The van der Waals surface area contributed by atoms with E-state index in [4.69, 9.17) is 4.74 Å². The van der Waals surface area contributed by atoms with Gasteiger partial charge in [0.15, 0.2) is 0 Å². The molecule has 1 aromatic heterocycles. The third-order valence-corrected chi connectivity index (χ3v) is 1.89. The fourth-order valence-electron chi connectivity index (χ4n) is 0.887. The zero-order chi connectivity index (χ0) is 13.8. The number of likely N-dealkylation sites (N-methyl/N-ethyl adjacent to an activating group) is 1. The Morgan fingerprint density at radius 1 is 1.39 bits per heavy atom. The molecule has 98 valence electrons. The second-order valence-corrected chi connectivity index (χ2v) is 3.66. The van der Waals surface area contributed by atoms with Gasteiger partial charge in [-0.25, -0.2) is 4.79 Å². The number of nitrogens with zero attached hydrogens (tertiary/aromatic N) is 2. The SMILES string of the molecule is C=CC(=O)OCCN(C)C.C=Cc1ccncc1. The van der Waals surface area contributed by atoms with Gasteiger partial charge in [0.05, 0.1) is 0 Å². The van der Waals surface area contributed by atoms with Crippen LogP contribution in [-0.4, -0.2) is 43.1 Å². The fourth-order valence-corrected chi connectivity index (χ4v) is 0.887. The first-order valence-electron chi connectivity index (χ1n) is 5.56. The quantitative estimate of drug-likeness (QED) is 0.590. The monoisotopic (exact) mass is 248 g/mol. The molecule has 0 fully saturated rings. The van der Waals surface area contributed by atoms with Gasteiger partial charge in [-0.1, -0.05) is 19.2 Å². The van der Waals surface area contributed by atoms with Crippen molar-refractivity contribution in [3.63, 3.8) is 0 Å². The van der Waals surface area contributed by atoms with Crippen LogP contribution in [0.5, 0.6) is 0 Å². The van der Waals surface area contributed by atoms with E-state index >= 15 is 0 Å². The maximum absolute atomic E-state index is 10.4. The molecule has 0 radical (unpaired) electrons. The Bertz CT molecular complexity index is 361. The lowest BCUT2D eigenvalue weighted by Gasteiger charge is -2.07. The number of hydrogen-bond acceptors (Lipinski definition) is 4. The molecule has 0 saturated heterocycles. The second kappa shape index (κ2) is 10.2. The Labute approximate surface area is 109 Å². The van der Waals surface area contributed by atoms with E-state index in [1.807, 2.05) is 31.1 Å². The smallest absolute Gasteiger partial charge is 0.330 e. The number of rotatable bonds is 5. The molecule has 0 amide bonds. The number of carbonyl (C=O) groups is 1. The van der Waals surface area contributed by atoms with Crippen molar-refractivity contribution >= 4 is 12.0 Å². The van der Waals surface area contributed by atoms with Gasteiger partial charge in [0.2, 0.25) is 0 Å². The minimum atomic E-state index is -0.359. The lowest BCUT2D eigenvalue weighted by atomic mass is 10.3. The van der Waals surface area contributed by atoms with Crippen molar-refractivity contribution in [2.75, 3.05) is 27.2 Å². The predicted molar refractivity (Wildman–Crippen MR) is 74.0 cm³/mol. The Morgan fingerprint density at radius 2 is 2.00 bits per heavy atom. The predicted octanol–water partition coefficient (Wildman–Crippen LogP) is 2.00. The van der Waals surface area contributed by atoms with Gasteiger partial charge in [-0.05, 0) is 31.8 Å². The number of carbonyl (C=O) groups excluding carboxylic acids is 1. The molecule has 0 saturated carbocycles. The van der Waals surface area contributed by atoms with Gasteiger partial charge < -0.3 is 9.64 Å². The summed E-state index contributed by atoms with van der Waals surface area (Å²) in [5, 5.41) is 0. The summed E-state index contributed by atoms with van der Waals surface area (Å²) in [6.45, 7) is 8.05. The third-order valence-electron chi connectivity index (χ3n) is 1.89. The molecule has 0 aliphatic rings. The summed E-state index contributed by atoms with van der Waals surface area (Å²) in [7, 11) is 3.84. The van der Waals surface area contributed by atoms with E-state index in [1.165, 1.54) is 0 Å². The van der Waals surface area contributed by atoms with Crippen molar-refractivity contribution in [1.29, 1.82) is 0 Å². The number of hydrogen-bond donors (Lipinski definition) is 0. The highest BCUT2D eigenvalue weighted by Gasteiger charge is 1.94. The molecule has 18 heavy (non-hydrogen) atoms. The number of pyridine rings is 1. The van der Waals surface area contributed by atoms with Gasteiger partial charge in [-0.15, -0.1) is 0 Å². The molecule has 0 N–H and O–H groups in total. The minimum absolute atomic E-state index is 0.359. The first-order chi connectivity index (χ1) is 8.60. The van der Waals surface area contributed by atoms with Gasteiger partial charge in [-0.2, -0.15) is 0 Å². The summed E-state index contributed by atoms with van der Waals surface area (Å²) >= 11 is 0. The van der Waals surface area contributed by atoms with Crippen LogP contribution in [0.4, 0.5) is 0 Å². The Morgan fingerprint density at radius 3 is 2.39 bits per heavy atom. The summed E-state index contributed by atoms with van der Waals surface area (Å²) in [6, 6.07) is 3.82. The molecule has 0 spiro atoms. The maximum Gasteiger partial charge on any atom is 0.330 e. The molecule has 0 aliphatic heterocycles. The molecule has 0 aromatic carbocycles. The summed E-state index contributed by atoms with van der Waals surface area (Å²) in [5.74, 6) is -0.359. The van der Waals surface area contributed by atoms with Gasteiger partial charge >= 0.3 is 5.97 Å². The fraction of sp³-hybridized carbons (Fsp3) is 0.286. The van der Waals surface area contributed by atoms with Crippen LogP contribution in [0.15, 0.2) is 43.8 Å². The maximum atomic E-state index is 10.4. The Kier molecular flexibility index (Phi) is 9.13. The lowest BCUT2D eigenvalue weighted by molar-refractivity contribution is -0.137. The zero-order valence-electron chi connectivity index (χ0n) is 11.0. The number of aromatic nitrogens is 1. The first-order valence-corrected chi connectivity index (χ1v) is 5.56. The highest BCUT2D eigenvalue weighted by Crippen LogP contribution is 1.95. The van der Waals surface area contributed by atoms with E-state index < -0.39 is 0 Å². The molecule has 4 nitrogen and oxygen atoms in total. The van der Waals surface area contributed by atoms with E-state index in [0.717, 1.165) is 18.2 Å². The largest absolute Gasteiger partial charge is 0.461 e. The second-order valence-electron chi connectivity index (χ2n) is 3.66. The van der Waals surface area contributed by atoms with Crippen LogP contribution in [0.2, 0.25) is 0 Å². The van der Waals surface area contributed by atoms with Crippen LogP contribution in [0, 0.1) is 0 Å². The van der Waals surface area contributed by atoms with Crippen LogP contribution < -0.4 is 0 Å². The van der Waals surface area contributed by atoms with Crippen molar-refractivity contribution in [3.8, 4) is 0 Å². The van der Waals surface area contributed by atoms with Crippen LogP contribution in [0.25, 0.3) is 6.08 Å². The number of ether oxygens (including phenoxy) is 1. The molecule has 0 bridgehead atoms. The zero-order valence-corrected chi connectivity index (χ0v) is 11.0. The lowest BCUT2D eigenvalue weighted by Crippen LogP contribution is -2.19. The molecule has 0 aliphatic carbocycles. The van der Waals surface area contributed by atoms with Crippen molar-refractivity contribution in [1.82, 2.24) is 9.88 Å². The molecule has 0 unspecified atom stereocenters. The van der Waals surface area contributed by atoms with Crippen molar-refractivity contribution in [3.05, 3.63) is 49.3 Å². The highest BCUT2D eigenvalue weighted by molar-refractivity contribution is 5.81. The normalized spacial score (nSPS) is 9.06. The molecular formula is C14H20N2O2. The average Bonchev–Trinajstić information content (AvgIpc) is 2.39. The van der Waals surface area contributed by atoms with Gasteiger partial charge in [-0.3, -0.25) is 4.98 Å². The molecule has 1 aromatic rings. The first kappa shape index (κ1) is 16.1. The standard InChI is InChI=1S/C7H13NO2.C7H7N/c1-4-7(9)10-6-5-8(2)3;1-2-7-3-5-8-6-4-7/h4H,1,5-6H2,2-3H3;2-6H,1H2. The molecule has 0 atom stereocenters. The van der Waals surface area contributed by atoms with Crippen LogP contribution in [0.1, 0.15) is 5.56 Å². The van der Waals surface area contributed by atoms with Gasteiger partial charge in [0, 0.05) is 25.0 Å². The van der Waals surface area contributed by atoms with Crippen molar-refractivity contribution in [2.24, 2.45) is 0 Å². The van der Waals surface area contributed by atoms with E-state index in [0.29, 0.717) is 6.61 Å². The van der Waals surface area contributed by atoms with E-state index in [1.54, 1.807) is 18.5 Å². The molecule has 1 rings (SSSR count). The molecular weight excluding hydrogens is 228 g/mol. The topological polar surface area (TPSA) is 42.4 Å². The minimum Gasteiger partial charge on any atom is -0.461 e. The van der Waals surface area contributed by atoms with Crippen molar-refractivity contribution in [2.45, 2.75) is 0 Å². The average molecular weight is 248 g/mol. The van der Waals surface area contributed by atoms with Crippen molar-refractivity contribution < 1.29 is 9.53 Å². The van der Waals surface area contributed by atoms with Gasteiger partial charge in [0.1, 0.15) is 6.61 Å². The molecule has 4 heteroatoms.